The van der Waals surface area contributed by atoms with E-state index in [4.69, 9.17) is 9.47 Å². The zero-order chi connectivity index (χ0) is 18.0. The van der Waals surface area contributed by atoms with Crippen LogP contribution >= 0.6 is 11.8 Å². The van der Waals surface area contributed by atoms with Crippen LogP contribution < -0.4 is 9.47 Å². The molecule has 0 radical (unpaired) electrons. The first-order valence-corrected chi connectivity index (χ1v) is 9.29. The van der Waals surface area contributed by atoms with Crippen molar-refractivity contribution in [2.24, 2.45) is 0 Å². The second kappa shape index (κ2) is 7.39. The monoisotopic (exact) mass is 361 g/mol. The zero-order valence-corrected chi connectivity index (χ0v) is 15.8. The number of hydrogen-bond donors (Lipinski definition) is 1. The molecule has 1 aromatic heterocycles. The van der Waals surface area contributed by atoms with E-state index in [1.165, 1.54) is 0 Å². The molecule has 0 aliphatic carbocycles. The summed E-state index contributed by atoms with van der Waals surface area (Å²) < 4.78 is 10.8. The molecule has 1 aliphatic rings. The van der Waals surface area contributed by atoms with E-state index in [1.54, 1.807) is 26.0 Å². The number of rotatable bonds is 6. The van der Waals surface area contributed by atoms with Crippen molar-refractivity contribution in [2.75, 3.05) is 20.0 Å². The molecule has 1 unspecified atom stereocenters. The number of nitrogens with one attached hydrogen (secondary N) is 1. The number of ether oxygens (including phenoxy) is 2. The smallest absolute Gasteiger partial charge is 0.234 e. The molecule has 25 heavy (non-hydrogen) atoms. The van der Waals surface area contributed by atoms with Crippen molar-refractivity contribution in [3.63, 3.8) is 0 Å². The van der Waals surface area contributed by atoms with Gasteiger partial charge in [-0.3, -0.25) is 4.79 Å². The maximum Gasteiger partial charge on any atom is 0.234 e. The summed E-state index contributed by atoms with van der Waals surface area (Å²) in [6.07, 6.45) is 0.843. The Bertz CT molecular complexity index is 775. The number of carbonyl (C=O) groups excluding carboxylic acids is 1. The Hall–Kier alpha value is -2.15. The molecule has 2 heterocycles. The van der Waals surface area contributed by atoms with E-state index < -0.39 is 0 Å². The Kier molecular flexibility index (Phi) is 5.22. The van der Waals surface area contributed by atoms with Gasteiger partial charge in [-0.05, 0) is 25.1 Å². The number of hydrogen-bond acceptors (Lipinski definition) is 5. The highest BCUT2D eigenvalue weighted by molar-refractivity contribution is 8.00. The second-order valence-electron chi connectivity index (χ2n) is 5.91. The van der Waals surface area contributed by atoms with Crippen LogP contribution in [0.3, 0.4) is 0 Å². The second-order valence-corrected chi connectivity index (χ2v) is 6.98. The molecular formula is C18H23N3O3S. The van der Waals surface area contributed by atoms with E-state index in [-0.39, 0.29) is 11.3 Å². The largest absolute Gasteiger partial charge is 0.497 e. The fourth-order valence-electron chi connectivity index (χ4n) is 2.99. The SMILES string of the molecule is CCc1nc(C2SCC(=O)N2Cc2cc(OC)ccc2OC)c(C)[nH]1. The molecule has 7 heteroatoms. The number of imidazole rings is 1. The van der Waals surface area contributed by atoms with E-state index in [1.807, 2.05) is 30.0 Å². The maximum absolute atomic E-state index is 12.5. The number of amides is 1. The highest BCUT2D eigenvalue weighted by atomic mass is 32.2. The molecule has 3 rings (SSSR count). The molecular weight excluding hydrogens is 338 g/mol. The summed E-state index contributed by atoms with van der Waals surface area (Å²) in [4.78, 5) is 22.4. The van der Waals surface area contributed by atoms with Crippen LogP contribution in [-0.2, 0) is 17.8 Å². The molecule has 1 saturated heterocycles. The van der Waals surface area contributed by atoms with E-state index in [2.05, 4.69) is 16.9 Å². The quantitative estimate of drug-likeness (QED) is 0.856. The Labute approximate surface area is 151 Å². The number of aromatic nitrogens is 2. The predicted molar refractivity (Wildman–Crippen MR) is 98.0 cm³/mol. The minimum absolute atomic E-state index is 0.0834. The minimum Gasteiger partial charge on any atom is -0.497 e. The lowest BCUT2D eigenvalue weighted by Crippen LogP contribution is -2.28. The lowest BCUT2D eigenvalue weighted by Gasteiger charge is -2.24. The van der Waals surface area contributed by atoms with Crippen LogP contribution in [-0.4, -0.2) is 40.7 Å². The Balaban J connectivity index is 1.91. The summed E-state index contributed by atoms with van der Waals surface area (Å²) in [7, 11) is 3.26. The molecule has 0 bridgehead atoms. The lowest BCUT2D eigenvalue weighted by molar-refractivity contribution is -0.128. The summed E-state index contributed by atoms with van der Waals surface area (Å²) in [5.41, 5.74) is 2.88. The number of methoxy groups -OCH3 is 2. The van der Waals surface area contributed by atoms with Crippen molar-refractivity contribution >= 4 is 17.7 Å². The van der Waals surface area contributed by atoms with E-state index >= 15 is 0 Å². The van der Waals surface area contributed by atoms with Crippen molar-refractivity contribution in [1.82, 2.24) is 14.9 Å². The Morgan fingerprint density at radius 2 is 2.16 bits per heavy atom. The van der Waals surface area contributed by atoms with Crippen LogP contribution in [0.2, 0.25) is 0 Å². The highest BCUT2D eigenvalue weighted by Crippen LogP contribution is 2.41. The molecule has 1 aliphatic heterocycles. The number of aromatic amines is 1. The van der Waals surface area contributed by atoms with Gasteiger partial charge in [-0.15, -0.1) is 11.8 Å². The fourth-order valence-corrected chi connectivity index (χ4v) is 4.21. The summed E-state index contributed by atoms with van der Waals surface area (Å²) in [5, 5.41) is -0.0834. The van der Waals surface area contributed by atoms with Crippen molar-refractivity contribution in [2.45, 2.75) is 32.2 Å². The number of H-pyrrole nitrogens is 1. The molecule has 1 amide bonds. The first-order chi connectivity index (χ1) is 12.1. The fraction of sp³-hybridized carbons (Fsp3) is 0.444. The van der Waals surface area contributed by atoms with Crippen molar-refractivity contribution in [3.05, 3.63) is 41.0 Å². The Morgan fingerprint density at radius 3 is 2.80 bits per heavy atom. The standard InChI is InChI=1S/C18H23N3O3S/c1-5-15-19-11(2)17(20-15)18-21(16(22)10-25-18)9-12-8-13(23-3)6-7-14(12)24-4/h6-8,18H,5,9-10H2,1-4H3,(H,19,20). The third kappa shape index (κ3) is 3.46. The van der Waals surface area contributed by atoms with Crippen LogP contribution in [0.25, 0.3) is 0 Å². The molecule has 1 fully saturated rings. The average molecular weight is 361 g/mol. The lowest BCUT2D eigenvalue weighted by atomic mass is 10.1. The predicted octanol–water partition coefficient (Wildman–Crippen LogP) is 3.07. The van der Waals surface area contributed by atoms with Crippen molar-refractivity contribution < 1.29 is 14.3 Å². The first kappa shape index (κ1) is 17.7. The van der Waals surface area contributed by atoms with Gasteiger partial charge in [0.2, 0.25) is 5.91 Å². The van der Waals surface area contributed by atoms with Gasteiger partial charge < -0.3 is 19.4 Å². The van der Waals surface area contributed by atoms with Gasteiger partial charge in [-0.1, -0.05) is 6.92 Å². The molecule has 6 nitrogen and oxygen atoms in total. The first-order valence-electron chi connectivity index (χ1n) is 8.24. The average Bonchev–Trinajstić information content (AvgIpc) is 3.17. The van der Waals surface area contributed by atoms with Gasteiger partial charge in [0.1, 0.15) is 22.7 Å². The van der Waals surface area contributed by atoms with Gasteiger partial charge in [-0.2, -0.15) is 0 Å². The zero-order valence-electron chi connectivity index (χ0n) is 15.0. The van der Waals surface area contributed by atoms with Crippen molar-refractivity contribution in [1.29, 1.82) is 0 Å². The third-order valence-electron chi connectivity index (χ3n) is 4.34. The van der Waals surface area contributed by atoms with Gasteiger partial charge in [0, 0.05) is 17.7 Å². The molecule has 2 aromatic rings. The molecule has 1 aromatic carbocycles. The minimum atomic E-state index is -0.0834. The number of nitrogens with zero attached hydrogens (tertiary/aromatic N) is 2. The van der Waals surface area contributed by atoms with Crippen molar-refractivity contribution in [3.8, 4) is 11.5 Å². The molecule has 1 atom stereocenters. The summed E-state index contributed by atoms with van der Waals surface area (Å²) in [5.74, 6) is 3.02. The molecule has 134 valence electrons. The van der Waals surface area contributed by atoms with E-state index in [0.29, 0.717) is 12.3 Å². The molecule has 0 saturated carbocycles. The van der Waals surface area contributed by atoms with Gasteiger partial charge in [0.15, 0.2) is 0 Å². The van der Waals surface area contributed by atoms with Crippen LogP contribution in [0.5, 0.6) is 11.5 Å². The van der Waals surface area contributed by atoms with E-state index in [0.717, 1.165) is 40.7 Å². The Morgan fingerprint density at radius 1 is 1.36 bits per heavy atom. The highest BCUT2D eigenvalue weighted by Gasteiger charge is 2.36. The topological polar surface area (TPSA) is 67.5 Å². The van der Waals surface area contributed by atoms with Crippen LogP contribution in [0.15, 0.2) is 18.2 Å². The van der Waals surface area contributed by atoms with Gasteiger partial charge >= 0.3 is 0 Å². The van der Waals surface area contributed by atoms with Gasteiger partial charge in [0.25, 0.3) is 0 Å². The van der Waals surface area contributed by atoms with Crippen LogP contribution in [0.1, 0.15) is 35.1 Å². The summed E-state index contributed by atoms with van der Waals surface area (Å²) >= 11 is 1.61. The number of carbonyl (C=O) groups is 1. The summed E-state index contributed by atoms with van der Waals surface area (Å²) in [6, 6.07) is 5.64. The number of benzene rings is 1. The molecule has 0 spiro atoms. The number of aryl methyl sites for hydroxylation is 2. The van der Waals surface area contributed by atoms with Gasteiger partial charge in [0.05, 0.1) is 32.2 Å². The third-order valence-corrected chi connectivity index (χ3v) is 5.54. The maximum atomic E-state index is 12.5. The van der Waals surface area contributed by atoms with Crippen LogP contribution in [0.4, 0.5) is 0 Å². The van der Waals surface area contributed by atoms with E-state index in [9.17, 15) is 4.79 Å². The molecule has 1 N–H and O–H groups in total. The van der Waals surface area contributed by atoms with Crippen LogP contribution in [0, 0.1) is 6.92 Å². The number of thioether (sulfide) groups is 1. The van der Waals surface area contributed by atoms with Gasteiger partial charge in [-0.25, -0.2) is 4.98 Å². The normalized spacial score (nSPS) is 17.2. The summed E-state index contributed by atoms with van der Waals surface area (Å²) in [6.45, 7) is 4.54.